The second-order valence-electron chi connectivity index (χ2n) is 8.97. The van der Waals surface area contributed by atoms with Crippen LogP contribution >= 0.6 is 0 Å². The molecule has 0 spiro atoms. The van der Waals surface area contributed by atoms with E-state index >= 15 is 0 Å². The highest BCUT2D eigenvalue weighted by atomic mass is 16.4. The standard InChI is InChI=1S/C26H30N4O4/c1-17(24(31)8-7-21-13-20-15-27-11-9-22(20)29-21)28-26(34)23-14-19(18-5-3-2-4-6-18)10-12-30(23)16-25(32)33/h2-6,9,11,13,15,17,19,23,29H,7-8,10,12,14,16H2,1H3,(H,28,34)(H,32,33)/t17-,19-,23+/m0/s1. The number of aliphatic carboxylic acids is 1. The van der Waals surface area contributed by atoms with Gasteiger partial charge >= 0.3 is 5.97 Å². The van der Waals surface area contributed by atoms with Crippen molar-refractivity contribution in [3.8, 4) is 0 Å². The van der Waals surface area contributed by atoms with Crippen molar-refractivity contribution in [2.24, 2.45) is 0 Å². The van der Waals surface area contributed by atoms with Crippen LogP contribution in [0.15, 0.2) is 54.9 Å². The summed E-state index contributed by atoms with van der Waals surface area (Å²) in [5.41, 5.74) is 3.07. The third-order valence-electron chi connectivity index (χ3n) is 6.58. The number of ketones is 1. The lowest BCUT2D eigenvalue weighted by atomic mass is 9.85. The van der Waals surface area contributed by atoms with Gasteiger partial charge in [-0.05, 0) is 49.8 Å². The van der Waals surface area contributed by atoms with Gasteiger partial charge in [-0.2, -0.15) is 0 Å². The van der Waals surface area contributed by atoms with E-state index in [2.05, 4.69) is 15.3 Å². The van der Waals surface area contributed by atoms with Gasteiger partial charge in [-0.15, -0.1) is 0 Å². The number of rotatable bonds is 9. The molecule has 8 heteroatoms. The maximum atomic E-state index is 13.2. The number of nitrogens with one attached hydrogen (secondary N) is 2. The average Bonchev–Trinajstić information content (AvgIpc) is 3.26. The Morgan fingerprint density at radius 3 is 2.76 bits per heavy atom. The summed E-state index contributed by atoms with van der Waals surface area (Å²) < 4.78 is 0. The Labute approximate surface area is 198 Å². The smallest absolute Gasteiger partial charge is 0.317 e. The van der Waals surface area contributed by atoms with Gasteiger partial charge in [0.05, 0.1) is 18.6 Å². The lowest BCUT2D eigenvalue weighted by Gasteiger charge is -2.38. The number of carbonyl (C=O) groups is 3. The van der Waals surface area contributed by atoms with E-state index in [9.17, 15) is 19.5 Å². The van der Waals surface area contributed by atoms with Gasteiger partial charge in [0.2, 0.25) is 5.91 Å². The van der Waals surface area contributed by atoms with Gasteiger partial charge < -0.3 is 15.4 Å². The third-order valence-corrected chi connectivity index (χ3v) is 6.58. The number of hydrogen-bond acceptors (Lipinski definition) is 5. The molecule has 1 aliphatic rings. The number of hydrogen-bond donors (Lipinski definition) is 3. The van der Waals surface area contributed by atoms with Crippen LogP contribution in [0.1, 0.15) is 43.4 Å². The quantitative estimate of drug-likeness (QED) is 0.450. The van der Waals surface area contributed by atoms with Crippen LogP contribution in [0.3, 0.4) is 0 Å². The third kappa shape index (κ3) is 5.69. The molecule has 0 bridgehead atoms. The van der Waals surface area contributed by atoms with Crippen LogP contribution in [-0.4, -0.2) is 62.8 Å². The first-order valence-electron chi connectivity index (χ1n) is 11.7. The molecule has 0 saturated carbocycles. The minimum Gasteiger partial charge on any atom is -0.480 e. The number of aryl methyl sites for hydroxylation is 1. The SMILES string of the molecule is C[C@H](NC(=O)[C@H]1C[C@@H](c2ccccc2)CCN1CC(=O)O)C(=O)CCc1cc2cnccc2[nH]1. The second kappa shape index (κ2) is 10.6. The first-order valence-corrected chi connectivity index (χ1v) is 11.7. The normalized spacial score (nSPS) is 19.6. The number of nitrogens with zero attached hydrogens (tertiary/aromatic N) is 2. The largest absolute Gasteiger partial charge is 0.480 e. The van der Waals surface area contributed by atoms with Gasteiger partial charge in [-0.3, -0.25) is 24.3 Å². The Morgan fingerprint density at radius 1 is 1.24 bits per heavy atom. The molecule has 34 heavy (non-hydrogen) atoms. The zero-order valence-corrected chi connectivity index (χ0v) is 19.2. The van der Waals surface area contributed by atoms with Crippen molar-refractivity contribution < 1.29 is 19.5 Å². The van der Waals surface area contributed by atoms with Crippen LogP contribution in [0.25, 0.3) is 10.9 Å². The number of aromatic nitrogens is 2. The highest BCUT2D eigenvalue weighted by Crippen LogP contribution is 2.31. The topological polar surface area (TPSA) is 115 Å². The number of amides is 1. The molecule has 178 valence electrons. The molecule has 0 aliphatic carbocycles. The van der Waals surface area contributed by atoms with Gasteiger partial charge in [0.25, 0.3) is 0 Å². The first-order chi connectivity index (χ1) is 16.4. The zero-order valence-electron chi connectivity index (χ0n) is 19.2. The first kappa shape index (κ1) is 23.6. The zero-order chi connectivity index (χ0) is 24.1. The molecule has 3 aromatic rings. The summed E-state index contributed by atoms with van der Waals surface area (Å²) in [7, 11) is 0. The van der Waals surface area contributed by atoms with Crippen LogP contribution in [0.4, 0.5) is 0 Å². The van der Waals surface area contributed by atoms with Crippen molar-refractivity contribution in [1.29, 1.82) is 0 Å². The number of carboxylic acid groups (broad SMARTS) is 1. The van der Waals surface area contributed by atoms with Crippen molar-refractivity contribution in [1.82, 2.24) is 20.2 Å². The monoisotopic (exact) mass is 462 g/mol. The van der Waals surface area contributed by atoms with Crippen molar-refractivity contribution in [2.45, 2.75) is 50.6 Å². The van der Waals surface area contributed by atoms with E-state index in [0.29, 0.717) is 19.4 Å². The van der Waals surface area contributed by atoms with E-state index in [0.717, 1.165) is 28.6 Å². The molecule has 3 atom stereocenters. The summed E-state index contributed by atoms with van der Waals surface area (Å²) in [4.78, 5) is 46.4. The number of fused-ring (bicyclic) bond motifs is 1. The molecule has 0 radical (unpaired) electrons. The number of aromatic amines is 1. The predicted octanol–water partition coefficient (Wildman–Crippen LogP) is 2.90. The number of likely N-dealkylation sites (tertiary alicyclic amines) is 1. The summed E-state index contributed by atoms with van der Waals surface area (Å²) in [6.45, 7) is 2.01. The summed E-state index contributed by atoms with van der Waals surface area (Å²) in [6.07, 6.45) is 5.63. The van der Waals surface area contributed by atoms with Crippen molar-refractivity contribution in [2.75, 3.05) is 13.1 Å². The Balaban J connectivity index is 1.37. The predicted molar refractivity (Wildman–Crippen MR) is 128 cm³/mol. The molecule has 1 saturated heterocycles. The number of Topliss-reactive ketones (excluding diaryl/α,β-unsaturated/α-hetero) is 1. The molecule has 4 rings (SSSR count). The highest BCUT2D eigenvalue weighted by molar-refractivity contribution is 5.91. The van der Waals surface area contributed by atoms with E-state index in [1.54, 1.807) is 24.2 Å². The molecule has 1 amide bonds. The van der Waals surface area contributed by atoms with Crippen LogP contribution in [0.2, 0.25) is 0 Å². The number of carboxylic acids is 1. The Kier molecular flexibility index (Phi) is 7.37. The summed E-state index contributed by atoms with van der Waals surface area (Å²) in [5, 5.41) is 13.2. The lowest BCUT2D eigenvalue weighted by molar-refractivity contribution is -0.141. The number of pyridine rings is 1. The van der Waals surface area contributed by atoms with Crippen molar-refractivity contribution in [3.63, 3.8) is 0 Å². The minimum absolute atomic E-state index is 0.0645. The summed E-state index contributed by atoms with van der Waals surface area (Å²) in [6, 6.07) is 12.6. The molecule has 1 aromatic carbocycles. The lowest BCUT2D eigenvalue weighted by Crippen LogP contribution is -2.54. The Hall–Kier alpha value is -3.52. The van der Waals surface area contributed by atoms with E-state index in [1.807, 2.05) is 42.5 Å². The molecule has 8 nitrogen and oxygen atoms in total. The minimum atomic E-state index is -0.964. The Morgan fingerprint density at radius 2 is 2.03 bits per heavy atom. The van der Waals surface area contributed by atoms with E-state index in [-0.39, 0.29) is 30.6 Å². The van der Waals surface area contributed by atoms with Gasteiger partial charge in [0.15, 0.2) is 5.78 Å². The highest BCUT2D eigenvalue weighted by Gasteiger charge is 2.35. The molecule has 0 unspecified atom stereocenters. The molecule has 1 fully saturated rings. The fourth-order valence-electron chi connectivity index (χ4n) is 4.71. The van der Waals surface area contributed by atoms with Gasteiger partial charge in [0.1, 0.15) is 0 Å². The number of benzene rings is 1. The van der Waals surface area contributed by atoms with Crippen LogP contribution in [0, 0.1) is 0 Å². The number of piperidine rings is 1. The number of H-pyrrole nitrogens is 1. The van der Waals surface area contributed by atoms with Crippen LogP contribution in [0.5, 0.6) is 0 Å². The molecule has 3 N–H and O–H groups in total. The molecular weight excluding hydrogens is 432 g/mol. The molecule has 3 heterocycles. The molecule has 2 aromatic heterocycles. The fraction of sp³-hybridized carbons (Fsp3) is 0.385. The molecular formula is C26H30N4O4. The van der Waals surface area contributed by atoms with E-state index in [4.69, 9.17) is 0 Å². The van der Waals surface area contributed by atoms with Crippen LogP contribution < -0.4 is 5.32 Å². The maximum Gasteiger partial charge on any atom is 0.317 e. The van der Waals surface area contributed by atoms with Gasteiger partial charge in [-0.1, -0.05) is 30.3 Å². The maximum absolute atomic E-state index is 13.2. The summed E-state index contributed by atoms with van der Waals surface area (Å²) >= 11 is 0. The average molecular weight is 463 g/mol. The Bertz CT molecular complexity index is 1130. The fourth-order valence-corrected chi connectivity index (χ4v) is 4.71. The second-order valence-corrected chi connectivity index (χ2v) is 8.97. The summed E-state index contributed by atoms with van der Waals surface area (Å²) in [5.74, 6) is -1.15. The van der Waals surface area contributed by atoms with E-state index in [1.165, 1.54) is 0 Å². The molecule has 1 aliphatic heterocycles. The van der Waals surface area contributed by atoms with Gasteiger partial charge in [0, 0.05) is 42.0 Å². The van der Waals surface area contributed by atoms with Crippen molar-refractivity contribution >= 4 is 28.6 Å². The number of carbonyl (C=O) groups excluding carboxylic acids is 2. The van der Waals surface area contributed by atoms with Crippen molar-refractivity contribution in [3.05, 3.63) is 66.1 Å². The van der Waals surface area contributed by atoms with Crippen LogP contribution in [-0.2, 0) is 20.8 Å². The van der Waals surface area contributed by atoms with E-state index < -0.39 is 18.1 Å². The van der Waals surface area contributed by atoms with Gasteiger partial charge in [-0.25, -0.2) is 0 Å².